The van der Waals surface area contributed by atoms with Crippen molar-refractivity contribution >= 4 is 33.0 Å². The van der Waals surface area contributed by atoms with Crippen LogP contribution in [0.15, 0.2) is 22.3 Å². The molecule has 7 heteroatoms. The summed E-state index contributed by atoms with van der Waals surface area (Å²) in [4.78, 5) is 24.6. The molecule has 1 atom stereocenters. The van der Waals surface area contributed by atoms with Crippen molar-refractivity contribution in [3.8, 4) is 0 Å². The Bertz CT molecular complexity index is 858. The van der Waals surface area contributed by atoms with Crippen LogP contribution in [0, 0.1) is 6.92 Å². The number of carbonyl (C=O) groups is 1. The van der Waals surface area contributed by atoms with E-state index in [1.807, 2.05) is 21.9 Å². The van der Waals surface area contributed by atoms with Gasteiger partial charge in [-0.05, 0) is 31.4 Å². The Morgan fingerprint density at radius 2 is 2.26 bits per heavy atom. The number of nitrogens with zero attached hydrogens (tertiary/aromatic N) is 3. The molecule has 3 aromatic rings. The maximum atomic E-state index is 12.4. The first-order chi connectivity index (χ1) is 9.00. The minimum atomic E-state index is -0.760. The zero-order chi connectivity index (χ0) is 13.7. The fourth-order valence-electron chi connectivity index (χ4n) is 2.15. The second-order valence-corrected chi connectivity index (χ2v) is 5.32. The second kappa shape index (κ2) is 3.92. The summed E-state index contributed by atoms with van der Waals surface area (Å²) in [5, 5.41) is 7.16. The number of hydrogen-bond donors (Lipinski definition) is 1. The predicted molar refractivity (Wildman–Crippen MR) is 73.5 cm³/mol. The maximum Gasteiger partial charge on any atom is 0.291 e. The molecule has 0 aliphatic carbocycles. The number of nitrogens with two attached hydrogens (primary N) is 1. The van der Waals surface area contributed by atoms with Crippen molar-refractivity contribution in [1.82, 2.24) is 14.2 Å². The summed E-state index contributed by atoms with van der Waals surface area (Å²) in [5.41, 5.74) is 5.45. The number of hydrogen-bond acceptors (Lipinski definition) is 4. The maximum absolute atomic E-state index is 12.4. The lowest BCUT2D eigenvalue weighted by Crippen LogP contribution is -2.35. The van der Waals surface area contributed by atoms with Gasteiger partial charge in [0.1, 0.15) is 22.2 Å². The van der Waals surface area contributed by atoms with E-state index in [0.29, 0.717) is 11.3 Å². The Kier molecular flexibility index (Phi) is 2.46. The first-order valence-electron chi connectivity index (χ1n) is 5.78. The van der Waals surface area contributed by atoms with E-state index in [1.54, 1.807) is 25.2 Å². The van der Waals surface area contributed by atoms with E-state index >= 15 is 0 Å². The molecule has 3 heterocycles. The normalized spacial score (nSPS) is 13.2. The summed E-state index contributed by atoms with van der Waals surface area (Å²) in [6, 6.07) is 3.00. The van der Waals surface area contributed by atoms with Gasteiger partial charge in [0.2, 0.25) is 5.91 Å². The topological polar surface area (TPSA) is 82.4 Å². The number of aromatic nitrogens is 3. The lowest BCUT2D eigenvalue weighted by molar-refractivity contribution is -0.121. The van der Waals surface area contributed by atoms with Crippen LogP contribution in [0.5, 0.6) is 0 Å². The van der Waals surface area contributed by atoms with Crippen LogP contribution in [0.25, 0.3) is 15.7 Å². The van der Waals surface area contributed by atoms with Crippen LogP contribution in [0.3, 0.4) is 0 Å². The number of amides is 1. The monoisotopic (exact) mass is 276 g/mol. The van der Waals surface area contributed by atoms with Crippen LogP contribution in [-0.4, -0.2) is 20.1 Å². The Hall–Kier alpha value is -2.15. The highest BCUT2D eigenvalue weighted by Gasteiger charge is 2.18. The molecule has 98 valence electrons. The smallest absolute Gasteiger partial charge is 0.291 e. The van der Waals surface area contributed by atoms with E-state index in [-0.39, 0.29) is 5.56 Å². The Morgan fingerprint density at radius 3 is 2.95 bits per heavy atom. The second-order valence-electron chi connectivity index (χ2n) is 4.42. The standard InChI is InChI=1S/C12H12N4O2S/c1-6(10(13)17)16-11(18)9-5-8-3-4-19-12(8)15(9)7(2)14-16/h3-6H,1-2H3,(H2,13,17). The first kappa shape index (κ1) is 11.9. The van der Waals surface area contributed by atoms with Crippen LogP contribution in [0.2, 0.25) is 0 Å². The van der Waals surface area contributed by atoms with E-state index in [2.05, 4.69) is 5.10 Å². The van der Waals surface area contributed by atoms with Crippen molar-refractivity contribution in [2.24, 2.45) is 5.73 Å². The predicted octanol–water partition coefficient (Wildman–Crippen LogP) is 1.07. The van der Waals surface area contributed by atoms with Gasteiger partial charge in [-0.3, -0.25) is 14.0 Å². The van der Waals surface area contributed by atoms with Gasteiger partial charge in [-0.2, -0.15) is 5.10 Å². The number of aryl methyl sites for hydroxylation is 1. The van der Waals surface area contributed by atoms with Crippen molar-refractivity contribution in [3.05, 3.63) is 33.7 Å². The van der Waals surface area contributed by atoms with E-state index in [4.69, 9.17) is 5.73 Å². The van der Waals surface area contributed by atoms with E-state index in [0.717, 1.165) is 14.9 Å². The van der Waals surface area contributed by atoms with E-state index < -0.39 is 11.9 Å². The Morgan fingerprint density at radius 1 is 1.53 bits per heavy atom. The third kappa shape index (κ3) is 1.58. The van der Waals surface area contributed by atoms with Crippen LogP contribution in [-0.2, 0) is 4.79 Å². The molecule has 1 amide bonds. The molecule has 0 aliphatic heterocycles. The Balaban J connectivity index is 2.43. The molecule has 0 fully saturated rings. The molecular weight excluding hydrogens is 264 g/mol. The van der Waals surface area contributed by atoms with Crippen LogP contribution >= 0.6 is 11.3 Å². The largest absolute Gasteiger partial charge is 0.368 e. The zero-order valence-corrected chi connectivity index (χ0v) is 11.3. The molecule has 6 nitrogen and oxygen atoms in total. The number of primary amides is 1. The summed E-state index contributed by atoms with van der Waals surface area (Å²) in [6.07, 6.45) is 0. The molecule has 1 unspecified atom stereocenters. The lowest BCUT2D eigenvalue weighted by Gasteiger charge is -2.12. The summed E-state index contributed by atoms with van der Waals surface area (Å²) < 4.78 is 2.96. The fourth-order valence-corrected chi connectivity index (χ4v) is 3.09. The summed E-state index contributed by atoms with van der Waals surface area (Å²) in [6.45, 7) is 3.37. The number of thiophene rings is 1. The molecule has 0 radical (unpaired) electrons. The molecule has 0 bridgehead atoms. The highest BCUT2D eigenvalue weighted by atomic mass is 32.1. The zero-order valence-electron chi connectivity index (χ0n) is 10.5. The molecule has 0 aliphatic rings. The number of fused-ring (bicyclic) bond motifs is 3. The highest BCUT2D eigenvalue weighted by Crippen LogP contribution is 2.24. The van der Waals surface area contributed by atoms with Gasteiger partial charge in [0.05, 0.1) is 0 Å². The molecule has 0 saturated carbocycles. The average molecular weight is 276 g/mol. The van der Waals surface area contributed by atoms with Gasteiger partial charge >= 0.3 is 0 Å². The molecule has 0 saturated heterocycles. The molecule has 0 spiro atoms. The first-order valence-corrected chi connectivity index (χ1v) is 6.66. The quantitative estimate of drug-likeness (QED) is 0.760. The molecule has 3 rings (SSSR count). The van der Waals surface area contributed by atoms with Gasteiger partial charge in [-0.25, -0.2) is 4.68 Å². The van der Waals surface area contributed by atoms with E-state index in [9.17, 15) is 9.59 Å². The van der Waals surface area contributed by atoms with Crippen molar-refractivity contribution in [3.63, 3.8) is 0 Å². The van der Waals surface area contributed by atoms with Crippen molar-refractivity contribution in [2.45, 2.75) is 19.9 Å². The molecular formula is C12H12N4O2S. The third-order valence-electron chi connectivity index (χ3n) is 3.19. The van der Waals surface area contributed by atoms with Crippen LogP contribution in [0.4, 0.5) is 0 Å². The van der Waals surface area contributed by atoms with Gasteiger partial charge in [-0.15, -0.1) is 11.3 Å². The van der Waals surface area contributed by atoms with Crippen molar-refractivity contribution in [2.75, 3.05) is 0 Å². The van der Waals surface area contributed by atoms with Gasteiger partial charge < -0.3 is 5.73 Å². The van der Waals surface area contributed by atoms with Gasteiger partial charge in [-0.1, -0.05) is 0 Å². The van der Waals surface area contributed by atoms with Crippen molar-refractivity contribution in [1.29, 1.82) is 0 Å². The minimum Gasteiger partial charge on any atom is -0.368 e. The minimum absolute atomic E-state index is 0.305. The number of carbonyl (C=O) groups excluding carboxylic acids is 1. The summed E-state index contributed by atoms with van der Waals surface area (Å²) in [5.74, 6) is 0.0758. The number of rotatable bonds is 2. The van der Waals surface area contributed by atoms with Gasteiger partial charge in [0.25, 0.3) is 5.56 Å². The van der Waals surface area contributed by atoms with Gasteiger partial charge in [0, 0.05) is 5.39 Å². The molecule has 19 heavy (non-hydrogen) atoms. The lowest BCUT2D eigenvalue weighted by atomic mass is 10.3. The van der Waals surface area contributed by atoms with Crippen LogP contribution < -0.4 is 11.3 Å². The molecule has 0 aromatic carbocycles. The Labute approximate surface area is 112 Å². The summed E-state index contributed by atoms with van der Waals surface area (Å²) in [7, 11) is 0. The average Bonchev–Trinajstić information content (AvgIpc) is 2.92. The SMILES string of the molecule is Cc1nn(C(C)C(N)=O)c(=O)c2cc3ccsc3n12. The van der Waals surface area contributed by atoms with Crippen LogP contribution in [0.1, 0.15) is 18.8 Å². The highest BCUT2D eigenvalue weighted by molar-refractivity contribution is 7.16. The van der Waals surface area contributed by atoms with Crippen molar-refractivity contribution < 1.29 is 4.79 Å². The summed E-state index contributed by atoms with van der Waals surface area (Å²) >= 11 is 1.55. The molecule has 3 aromatic heterocycles. The van der Waals surface area contributed by atoms with Gasteiger partial charge in [0.15, 0.2) is 0 Å². The fraction of sp³-hybridized carbons (Fsp3) is 0.250. The third-order valence-corrected chi connectivity index (χ3v) is 4.11. The molecule has 2 N–H and O–H groups in total. The van der Waals surface area contributed by atoms with E-state index in [1.165, 1.54) is 0 Å².